The van der Waals surface area contributed by atoms with E-state index in [4.69, 9.17) is 0 Å². The highest BCUT2D eigenvalue weighted by Crippen LogP contribution is 2.12. The van der Waals surface area contributed by atoms with Crippen molar-refractivity contribution in [1.82, 2.24) is 9.88 Å². The second kappa shape index (κ2) is 6.17. The molecule has 0 radical (unpaired) electrons. The van der Waals surface area contributed by atoms with Gasteiger partial charge in [-0.1, -0.05) is 18.2 Å². The Bertz CT molecular complexity index is 480. The van der Waals surface area contributed by atoms with Gasteiger partial charge in [0, 0.05) is 18.4 Å². The topological polar surface area (TPSA) is 28.2 Å². The summed E-state index contributed by atoms with van der Waals surface area (Å²) in [6.07, 6.45) is 1.82. The van der Waals surface area contributed by atoms with Crippen LogP contribution in [0, 0.1) is 0 Å². The lowest BCUT2D eigenvalue weighted by molar-refractivity contribution is 0.402. The van der Waals surface area contributed by atoms with E-state index in [1.165, 1.54) is 5.56 Å². The third-order valence-corrected chi connectivity index (χ3v) is 2.63. The van der Waals surface area contributed by atoms with Crippen molar-refractivity contribution in [2.75, 3.05) is 19.4 Å². The third kappa shape index (κ3) is 3.86. The summed E-state index contributed by atoms with van der Waals surface area (Å²) in [5.41, 5.74) is 3.50. The van der Waals surface area contributed by atoms with Crippen molar-refractivity contribution >= 4 is 5.69 Å². The fraction of sp³-hybridized carbons (Fsp3) is 0.267. The molecular formula is C15H19N3. The molecule has 1 N–H and O–H groups in total. The highest BCUT2D eigenvalue weighted by molar-refractivity contribution is 5.45. The lowest BCUT2D eigenvalue weighted by atomic mass is 10.2. The molecule has 2 rings (SSSR count). The number of benzene rings is 1. The quantitative estimate of drug-likeness (QED) is 0.872. The zero-order valence-electron chi connectivity index (χ0n) is 10.9. The minimum Gasteiger partial charge on any atom is -0.379 e. The predicted octanol–water partition coefficient (Wildman–Crippen LogP) is 2.76. The third-order valence-electron chi connectivity index (χ3n) is 2.63. The van der Waals surface area contributed by atoms with Crippen LogP contribution < -0.4 is 5.32 Å². The summed E-state index contributed by atoms with van der Waals surface area (Å²) in [6, 6.07) is 14.5. The van der Waals surface area contributed by atoms with E-state index >= 15 is 0 Å². The number of hydrogen-bond donors (Lipinski definition) is 1. The maximum atomic E-state index is 4.29. The Morgan fingerprint density at radius 3 is 2.72 bits per heavy atom. The van der Waals surface area contributed by atoms with Gasteiger partial charge in [-0.2, -0.15) is 0 Å². The lowest BCUT2D eigenvalue weighted by Gasteiger charge is -2.11. The average molecular weight is 241 g/mol. The van der Waals surface area contributed by atoms with E-state index in [1.807, 2.05) is 24.4 Å². The molecule has 1 heterocycles. The molecule has 18 heavy (non-hydrogen) atoms. The minimum atomic E-state index is 0.756. The van der Waals surface area contributed by atoms with Crippen LogP contribution >= 0.6 is 0 Å². The lowest BCUT2D eigenvalue weighted by Crippen LogP contribution is -2.10. The van der Waals surface area contributed by atoms with Gasteiger partial charge >= 0.3 is 0 Å². The van der Waals surface area contributed by atoms with Crippen molar-refractivity contribution in [3.63, 3.8) is 0 Å². The van der Waals surface area contributed by atoms with Crippen LogP contribution in [0.4, 0.5) is 5.69 Å². The normalized spacial score (nSPS) is 10.6. The minimum absolute atomic E-state index is 0.756. The average Bonchev–Trinajstić information content (AvgIpc) is 2.37. The molecule has 1 aromatic heterocycles. The monoisotopic (exact) mass is 241 g/mol. The van der Waals surface area contributed by atoms with Crippen LogP contribution in [0.2, 0.25) is 0 Å². The summed E-state index contributed by atoms with van der Waals surface area (Å²) in [4.78, 5) is 6.46. The SMILES string of the molecule is CN(C)Cc1cccc(NCc2ccccn2)c1. The number of pyridine rings is 1. The second-order valence-corrected chi connectivity index (χ2v) is 4.61. The summed E-state index contributed by atoms with van der Waals surface area (Å²) >= 11 is 0. The maximum Gasteiger partial charge on any atom is 0.0594 e. The fourth-order valence-electron chi connectivity index (χ4n) is 1.84. The first-order chi connectivity index (χ1) is 8.74. The summed E-state index contributed by atoms with van der Waals surface area (Å²) in [5.74, 6) is 0. The van der Waals surface area contributed by atoms with Crippen LogP contribution in [0.1, 0.15) is 11.3 Å². The molecular weight excluding hydrogens is 222 g/mol. The zero-order valence-corrected chi connectivity index (χ0v) is 10.9. The van der Waals surface area contributed by atoms with E-state index in [1.54, 1.807) is 0 Å². The van der Waals surface area contributed by atoms with E-state index in [0.29, 0.717) is 0 Å². The number of nitrogens with one attached hydrogen (secondary N) is 1. The molecule has 94 valence electrons. The molecule has 3 heteroatoms. The van der Waals surface area contributed by atoms with Gasteiger partial charge in [-0.15, -0.1) is 0 Å². The van der Waals surface area contributed by atoms with E-state index in [-0.39, 0.29) is 0 Å². The molecule has 0 saturated heterocycles. The van der Waals surface area contributed by atoms with Crippen LogP contribution in [0.5, 0.6) is 0 Å². The van der Waals surface area contributed by atoms with Gasteiger partial charge in [-0.3, -0.25) is 4.98 Å². The molecule has 0 spiro atoms. The van der Waals surface area contributed by atoms with Crippen LogP contribution in [-0.4, -0.2) is 24.0 Å². The molecule has 0 aliphatic heterocycles. The van der Waals surface area contributed by atoms with Crippen LogP contribution in [0.25, 0.3) is 0 Å². The fourth-order valence-corrected chi connectivity index (χ4v) is 1.84. The van der Waals surface area contributed by atoms with Gasteiger partial charge in [0.25, 0.3) is 0 Å². The number of hydrogen-bond acceptors (Lipinski definition) is 3. The van der Waals surface area contributed by atoms with Crippen LogP contribution in [-0.2, 0) is 13.1 Å². The molecule has 0 unspecified atom stereocenters. The number of aromatic nitrogens is 1. The Morgan fingerprint density at radius 2 is 2.00 bits per heavy atom. The highest BCUT2D eigenvalue weighted by atomic mass is 15.0. The summed E-state index contributed by atoms with van der Waals surface area (Å²) in [7, 11) is 4.15. The Labute approximate surface area is 108 Å². The Kier molecular flexibility index (Phi) is 4.31. The van der Waals surface area contributed by atoms with E-state index < -0.39 is 0 Å². The van der Waals surface area contributed by atoms with Crippen molar-refractivity contribution in [3.8, 4) is 0 Å². The smallest absolute Gasteiger partial charge is 0.0594 e. The standard InChI is InChI=1S/C15H19N3/c1-18(2)12-13-6-5-8-14(10-13)17-11-15-7-3-4-9-16-15/h3-10,17H,11-12H2,1-2H3. The molecule has 0 bridgehead atoms. The molecule has 1 aromatic carbocycles. The van der Waals surface area contributed by atoms with Gasteiger partial charge in [-0.05, 0) is 43.9 Å². The molecule has 0 aliphatic carbocycles. The van der Waals surface area contributed by atoms with Crippen LogP contribution in [0.15, 0.2) is 48.7 Å². The first-order valence-corrected chi connectivity index (χ1v) is 6.11. The Hall–Kier alpha value is -1.87. The van der Waals surface area contributed by atoms with Crippen molar-refractivity contribution in [1.29, 1.82) is 0 Å². The van der Waals surface area contributed by atoms with Gasteiger partial charge in [0.15, 0.2) is 0 Å². The first kappa shape index (κ1) is 12.6. The molecule has 0 fully saturated rings. The van der Waals surface area contributed by atoms with E-state index in [2.05, 4.69) is 53.6 Å². The van der Waals surface area contributed by atoms with Gasteiger partial charge in [-0.25, -0.2) is 0 Å². The van der Waals surface area contributed by atoms with Gasteiger partial charge in [0.05, 0.1) is 12.2 Å². The molecule has 3 nitrogen and oxygen atoms in total. The molecule has 2 aromatic rings. The molecule has 0 atom stereocenters. The zero-order chi connectivity index (χ0) is 12.8. The van der Waals surface area contributed by atoms with Gasteiger partial charge in [0.1, 0.15) is 0 Å². The van der Waals surface area contributed by atoms with Crippen molar-refractivity contribution in [3.05, 3.63) is 59.9 Å². The first-order valence-electron chi connectivity index (χ1n) is 6.11. The van der Waals surface area contributed by atoms with Crippen molar-refractivity contribution in [2.24, 2.45) is 0 Å². The molecule has 0 aliphatic rings. The van der Waals surface area contributed by atoms with Gasteiger partial charge < -0.3 is 10.2 Å². The maximum absolute atomic E-state index is 4.29. The number of anilines is 1. The second-order valence-electron chi connectivity index (χ2n) is 4.61. The summed E-state index contributed by atoms with van der Waals surface area (Å²) < 4.78 is 0. The van der Waals surface area contributed by atoms with Crippen molar-refractivity contribution < 1.29 is 0 Å². The molecule has 0 amide bonds. The Morgan fingerprint density at radius 1 is 1.11 bits per heavy atom. The van der Waals surface area contributed by atoms with Crippen LogP contribution in [0.3, 0.4) is 0 Å². The molecule has 0 saturated carbocycles. The summed E-state index contributed by atoms with van der Waals surface area (Å²) in [5, 5.41) is 3.39. The number of nitrogens with zero attached hydrogens (tertiary/aromatic N) is 2. The van der Waals surface area contributed by atoms with Gasteiger partial charge in [0.2, 0.25) is 0 Å². The largest absolute Gasteiger partial charge is 0.379 e. The van der Waals surface area contributed by atoms with E-state index in [9.17, 15) is 0 Å². The predicted molar refractivity (Wildman–Crippen MR) is 75.4 cm³/mol. The highest BCUT2D eigenvalue weighted by Gasteiger charge is 1.98. The van der Waals surface area contributed by atoms with E-state index in [0.717, 1.165) is 24.5 Å². The number of rotatable bonds is 5. The van der Waals surface area contributed by atoms with Crippen molar-refractivity contribution in [2.45, 2.75) is 13.1 Å². The Balaban J connectivity index is 1.97. The summed E-state index contributed by atoms with van der Waals surface area (Å²) in [6.45, 7) is 1.71.